The van der Waals surface area contributed by atoms with Gasteiger partial charge in [0, 0.05) is 22.7 Å². The highest BCUT2D eigenvalue weighted by Crippen LogP contribution is 2.31. The van der Waals surface area contributed by atoms with Gasteiger partial charge >= 0.3 is 6.09 Å². The molecule has 0 aliphatic carbocycles. The Labute approximate surface area is 126 Å². The lowest BCUT2D eigenvalue weighted by Gasteiger charge is -2.01. The number of aromatic nitrogens is 1. The molecule has 2 N–H and O–H groups in total. The fraction of sp³-hybridized carbons (Fsp3) is 0.0625. The Morgan fingerprint density at radius 2 is 1.95 bits per heavy atom. The standard InChI is InChI=1S/C16H13N3O3/c1-22-16(21)19-18-11-4-2-10(3-5-11)14-9-17-15-7-6-12(20)8-13(14)15/h2-9,17,20H,1H3. The highest BCUT2D eigenvalue weighted by molar-refractivity contribution is 5.96. The second-order valence-electron chi connectivity index (χ2n) is 4.65. The van der Waals surface area contributed by atoms with Gasteiger partial charge in [-0.1, -0.05) is 17.2 Å². The zero-order chi connectivity index (χ0) is 15.5. The lowest BCUT2D eigenvalue weighted by atomic mass is 10.0. The minimum atomic E-state index is -0.740. The first-order valence-electron chi connectivity index (χ1n) is 6.57. The van der Waals surface area contributed by atoms with Gasteiger partial charge < -0.3 is 14.8 Å². The molecule has 22 heavy (non-hydrogen) atoms. The predicted molar refractivity (Wildman–Crippen MR) is 82.3 cm³/mol. The molecule has 2 aromatic carbocycles. The number of benzene rings is 2. The number of aromatic hydroxyl groups is 1. The second kappa shape index (κ2) is 5.69. The zero-order valence-electron chi connectivity index (χ0n) is 11.8. The van der Waals surface area contributed by atoms with Crippen LogP contribution in [0.1, 0.15) is 0 Å². The summed E-state index contributed by atoms with van der Waals surface area (Å²) >= 11 is 0. The van der Waals surface area contributed by atoms with E-state index in [4.69, 9.17) is 0 Å². The summed E-state index contributed by atoms with van der Waals surface area (Å²) < 4.78 is 4.39. The van der Waals surface area contributed by atoms with E-state index in [2.05, 4.69) is 19.9 Å². The van der Waals surface area contributed by atoms with E-state index in [1.807, 2.05) is 24.4 Å². The molecule has 3 rings (SSSR count). The van der Waals surface area contributed by atoms with Crippen LogP contribution in [0.15, 0.2) is 58.9 Å². The number of nitrogens with zero attached hydrogens (tertiary/aromatic N) is 2. The molecular formula is C16H13N3O3. The van der Waals surface area contributed by atoms with Crippen LogP contribution < -0.4 is 0 Å². The highest BCUT2D eigenvalue weighted by Gasteiger charge is 2.07. The number of fused-ring (bicyclic) bond motifs is 1. The van der Waals surface area contributed by atoms with Gasteiger partial charge in [-0.3, -0.25) is 0 Å². The van der Waals surface area contributed by atoms with Crippen molar-refractivity contribution in [2.45, 2.75) is 0 Å². The molecule has 0 atom stereocenters. The van der Waals surface area contributed by atoms with E-state index in [-0.39, 0.29) is 5.75 Å². The van der Waals surface area contributed by atoms with Crippen LogP contribution in [0, 0.1) is 0 Å². The van der Waals surface area contributed by atoms with Gasteiger partial charge in [0.15, 0.2) is 0 Å². The lowest BCUT2D eigenvalue weighted by molar-refractivity contribution is 0.181. The summed E-state index contributed by atoms with van der Waals surface area (Å²) in [5.74, 6) is 0.219. The van der Waals surface area contributed by atoms with Crippen molar-refractivity contribution >= 4 is 22.7 Å². The van der Waals surface area contributed by atoms with Crippen molar-refractivity contribution in [1.29, 1.82) is 0 Å². The van der Waals surface area contributed by atoms with Crippen LogP contribution in [-0.4, -0.2) is 23.3 Å². The Hall–Kier alpha value is -3.15. The first-order chi connectivity index (χ1) is 10.7. The number of carbonyl (C=O) groups excluding carboxylic acids is 1. The van der Waals surface area contributed by atoms with Crippen molar-refractivity contribution in [2.75, 3.05) is 7.11 Å². The molecule has 6 heteroatoms. The van der Waals surface area contributed by atoms with Gasteiger partial charge in [0.05, 0.1) is 12.8 Å². The van der Waals surface area contributed by atoms with E-state index in [0.717, 1.165) is 22.0 Å². The molecular weight excluding hydrogens is 282 g/mol. The van der Waals surface area contributed by atoms with Gasteiger partial charge in [-0.05, 0) is 35.9 Å². The topological polar surface area (TPSA) is 87.0 Å². The zero-order valence-corrected chi connectivity index (χ0v) is 11.8. The molecule has 110 valence electrons. The molecule has 0 spiro atoms. The van der Waals surface area contributed by atoms with E-state index in [1.165, 1.54) is 7.11 Å². The fourth-order valence-electron chi connectivity index (χ4n) is 2.19. The Bertz CT molecular complexity index is 851. The van der Waals surface area contributed by atoms with Crippen LogP contribution in [0.5, 0.6) is 5.75 Å². The summed E-state index contributed by atoms with van der Waals surface area (Å²) in [6.07, 6.45) is 1.14. The number of phenolic OH excluding ortho intramolecular Hbond substituents is 1. The first-order valence-corrected chi connectivity index (χ1v) is 6.57. The van der Waals surface area contributed by atoms with Crippen molar-refractivity contribution in [3.05, 3.63) is 48.7 Å². The third kappa shape index (κ3) is 2.67. The van der Waals surface area contributed by atoms with Crippen LogP contribution >= 0.6 is 0 Å². The van der Waals surface area contributed by atoms with Crippen molar-refractivity contribution in [1.82, 2.24) is 4.98 Å². The van der Waals surface area contributed by atoms with Crippen LogP contribution in [0.3, 0.4) is 0 Å². The molecule has 1 aromatic heterocycles. The number of nitrogens with one attached hydrogen (secondary N) is 1. The summed E-state index contributed by atoms with van der Waals surface area (Å²) in [5, 5.41) is 17.7. The molecule has 0 saturated heterocycles. The largest absolute Gasteiger partial charge is 0.508 e. The van der Waals surface area contributed by atoms with Crippen LogP contribution in [0.4, 0.5) is 10.5 Å². The number of rotatable bonds is 2. The van der Waals surface area contributed by atoms with Gasteiger partial charge in [0.1, 0.15) is 5.75 Å². The summed E-state index contributed by atoms with van der Waals surface area (Å²) in [5.41, 5.74) is 3.44. The number of phenols is 1. The molecule has 3 aromatic rings. The minimum absolute atomic E-state index is 0.219. The Balaban J connectivity index is 1.93. The van der Waals surface area contributed by atoms with Gasteiger partial charge in [-0.2, -0.15) is 0 Å². The number of ether oxygens (including phenoxy) is 1. The molecule has 0 bridgehead atoms. The van der Waals surface area contributed by atoms with E-state index < -0.39 is 6.09 Å². The average Bonchev–Trinajstić information content (AvgIpc) is 2.96. The molecule has 0 fully saturated rings. The van der Waals surface area contributed by atoms with Crippen LogP contribution in [0.2, 0.25) is 0 Å². The van der Waals surface area contributed by atoms with Crippen LogP contribution in [0.25, 0.3) is 22.0 Å². The van der Waals surface area contributed by atoms with Crippen molar-refractivity contribution in [3.63, 3.8) is 0 Å². The van der Waals surface area contributed by atoms with Gasteiger partial charge in [-0.25, -0.2) is 4.79 Å². The summed E-state index contributed by atoms with van der Waals surface area (Å²) in [7, 11) is 1.25. The predicted octanol–water partition coefficient (Wildman–Crippen LogP) is 4.39. The maximum atomic E-state index is 10.9. The fourth-order valence-corrected chi connectivity index (χ4v) is 2.19. The molecule has 6 nitrogen and oxygen atoms in total. The second-order valence-corrected chi connectivity index (χ2v) is 4.65. The van der Waals surface area contributed by atoms with E-state index in [1.54, 1.807) is 24.3 Å². The summed E-state index contributed by atoms with van der Waals surface area (Å²) in [4.78, 5) is 14.1. The summed E-state index contributed by atoms with van der Waals surface area (Å²) in [6, 6.07) is 12.4. The molecule has 0 radical (unpaired) electrons. The Kier molecular flexibility index (Phi) is 3.57. The lowest BCUT2D eigenvalue weighted by Crippen LogP contribution is -1.89. The number of amides is 1. The van der Waals surface area contributed by atoms with Crippen LogP contribution in [-0.2, 0) is 4.74 Å². The number of H-pyrrole nitrogens is 1. The number of carbonyl (C=O) groups is 1. The molecule has 0 unspecified atom stereocenters. The van der Waals surface area contributed by atoms with Gasteiger partial charge in [0.25, 0.3) is 0 Å². The molecule has 0 aliphatic heterocycles. The third-order valence-corrected chi connectivity index (χ3v) is 3.27. The maximum absolute atomic E-state index is 10.9. The highest BCUT2D eigenvalue weighted by atomic mass is 16.5. The third-order valence-electron chi connectivity index (χ3n) is 3.27. The molecule has 0 aliphatic rings. The van der Waals surface area contributed by atoms with E-state index in [0.29, 0.717) is 5.69 Å². The molecule has 1 heterocycles. The number of methoxy groups -OCH3 is 1. The Morgan fingerprint density at radius 3 is 2.68 bits per heavy atom. The number of hydrogen-bond donors (Lipinski definition) is 2. The normalized spacial score (nSPS) is 11.1. The average molecular weight is 295 g/mol. The smallest absolute Gasteiger partial charge is 0.452 e. The van der Waals surface area contributed by atoms with Gasteiger partial charge in [-0.15, -0.1) is 5.11 Å². The van der Waals surface area contributed by atoms with Crippen molar-refractivity contribution in [2.24, 2.45) is 10.2 Å². The monoisotopic (exact) mass is 295 g/mol. The first kappa shape index (κ1) is 13.8. The Morgan fingerprint density at radius 1 is 1.18 bits per heavy atom. The molecule has 1 amide bonds. The number of hydrogen-bond acceptors (Lipinski definition) is 4. The van der Waals surface area contributed by atoms with E-state index in [9.17, 15) is 9.90 Å². The number of azo groups is 1. The van der Waals surface area contributed by atoms with E-state index >= 15 is 0 Å². The quantitative estimate of drug-likeness (QED) is 0.687. The van der Waals surface area contributed by atoms with Crippen molar-refractivity contribution < 1.29 is 14.6 Å². The van der Waals surface area contributed by atoms with Gasteiger partial charge in [0.2, 0.25) is 0 Å². The molecule has 0 saturated carbocycles. The number of aromatic amines is 1. The SMILES string of the molecule is COC(=O)N=Nc1ccc(-c2c[nH]c3ccc(O)cc23)cc1. The summed E-state index contributed by atoms with van der Waals surface area (Å²) in [6.45, 7) is 0. The van der Waals surface area contributed by atoms with Crippen molar-refractivity contribution in [3.8, 4) is 16.9 Å². The minimum Gasteiger partial charge on any atom is -0.508 e. The maximum Gasteiger partial charge on any atom is 0.452 e.